The maximum atomic E-state index is 12.4. The largest absolute Gasteiger partial charge is 0.573 e. The van der Waals surface area contributed by atoms with Gasteiger partial charge in [0.25, 0.3) is 0 Å². The zero-order valence-electron chi connectivity index (χ0n) is 11.8. The number of benzene rings is 1. The zero-order chi connectivity index (χ0) is 16.1. The SMILES string of the molecule is CCCNC(CS(C)(=O)=O)c1ccccc1OC(F)(F)F. The zero-order valence-corrected chi connectivity index (χ0v) is 12.6. The highest BCUT2D eigenvalue weighted by atomic mass is 32.2. The van der Waals surface area contributed by atoms with Gasteiger partial charge in [-0.05, 0) is 19.0 Å². The minimum Gasteiger partial charge on any atom is -0.405 e. The van der Waals surface area contributed by atoms with Gasteiger partial charge >= 0.3 is 6.36 Å². The van der Waals surface area contributed by atoms with Crippen LogP contribution in [0.3, 0.4) is 0 Å². The van der Waals surface area contributed by atoms with Crippen molar-refractivity contribution in [2.75, 3.05) is 18.6 Å². The van der Waals surface area contributed by atoms with Crippen molar-refractivity contribution in [3.63, 3.8) is 0 Å². The summed E-state index contributed by atoms with van der Waals surface area (Å²) in [4.78, 5) is 0. The lowest BCUT2D eigenvalue weighted by Crippen LogP contribution is -2.29. The number of sulfone groups is 1. The average molecular weight is 325 g/mol. The Bertz CT molecular complexity index is 558. The molecule has 0 aliphatic rings. The fraction of sp³-hybridized carbons (Fsp3) is 0.538. The third-order valence-corrected chi connectivity index (χ3v) is 3.57. The van der Waals surface area contributed by atoms with Crippen LogP contribution in [0.4, 0.5) is 13.2 Å². The molecule has 1 rings (SSSR count). The van der Waals surface area contributed by atoms with E-state index in [1.807, 2.05) is 6.92 Å². The molecule has 1 atom stereocenters. The monoisotopic (exact) mass is 325 g/mol. The standard InChI is InChI=1S/C13H18F3NO3S/c1-3-8-17-11(9-21(2,18)19)10-6-4-5-7-12(10)20-13(14,15)16/h4-7,11,17H,3,8-9H2,1-2H3. The van der Waals surface area contributed by atoms with Crippen molar-refractivity contribution in [2.24, 2.45) is 0 Å². The summed E-state index contributed by atoms with van der Waals surface area (Å²) in [5.74, 6) is -0.687. The van der Waals surface area contributed by atoms with Gasteiger partial charge in [-0.1, -0.05) is 25.1 Å². The van der Waals surface area contributed by atoms with Crippen molar-refractivity contribution in [3.8, 4) is 5.75 Å². The summed E-state index contributed by atoms with van der Waals surface area (Å²) in [5, 5.41) is 2.94. The number of ether oxygens (including phenoxy) is 1. The van der Waals surface area contributed by atoms with Crippen molar-refractivity contribution in [1.29, 1.82) is 0 Å². The van der Waals surface area contributed by atoms with Crippen molar-refractivity contribution in [3.05, 3.63) is 29.8 Å². The number of halogens is 3. The van der Waals surface area contributed by atoms with Gasteiger partial charge in [-0.15, -0.1) is 13.2 Å². The molecule has 0 saturated carbocycles. The molecule has 0 bridgehead atoms. The van der Waals surface area contributed by atoms with Gasteiger partial charge in [-0.2, -0.15) is 0 Å². The first-order valence-corrected chi connectivity index (χ1v) is 8.44. The Balaban J connectivity index is 3.11. The van der Waals surface area contributed by atoms with Crippen LogP contribution in [0.25, 0.3) is 0 Å². The molecule has 1 aromatic carbocycles. The second-order valence-electron chi connectivity index (χ2n) is 4.68. The molecule has 8 heteroatoms. The summed E-state index contributed by atoms with van der Waals surface area (Å²) >= 11 is 0. The molecule has 0 fully saturated rings. The molecule has 0 aliphatic carbocycles. The van der Waals surface area contributed by atoms with E-state index in [9.17, 15) is 21.6 Å². The topological polar surface area (TPSA) is 55.4 Å². The van der Waals surface area contributed by atoms with Crippen LogP contribution in [-0.4, -0.2) is 33.3 Å². The van der Waals surface area contributed by atoms with Crippen LogP contribution in [0, 0.1) is 0 Å². The molecule has 0 amide bonds. The lowest BCUT2D eigenvalue weighted by molar-refractivity contribution is -0.275. The Morgan fingerprint density at radius 3 is 2.43 bits per heavy atom. The summed E-state index contributed by atoms with van der Waals surface area (Å²) in [5.41, 5.74) is 0.175. The maximum absolute atomic E-state index is 12.4. The fourth-order valence-corrected chi connectivity index (χ4v) is 2.77. The van der Waals surface area contributed by atoms with Crippen LogP contribution >= 0.6 is 0 Å². The lowest BCUT2D eigenvalue weighted by atomic mass is 10.1. The third-order valence-electron chi connectivity index (χ3n) is 2.63. The summed E-state index contributed by atoms with van der Waals surface area (Å²) in [6.07, 6.45) is -3.06. The highest BCUT2D eigenvalue weighted by molar-refractivity contribution is 7.90. The van der Waals surface area contributed by atoms with Crippen LogP contribution < -0.4 is 10.1 Å². The molecule has 1 N–H and O–H groups in total. The third kappa shape index (κ3) is 6.81. The number of rotatable bonds is 7. The molecule has 0 aromatic heterocycles. The van der Waals surface area contributed by atoms with Gasteiger partial charge in [-0.3, -0.25) is 0 Å². The van der Waals surface area contributed by atoms with E-state index in [0.29, 0.717) is 6.54 Å². The molecule has 21 heavy (non-hydrogen) atoms. The van der Waals surface area contributed by atoms with Crippen LogP contribution in [0.1, 0.15) is 24.9 Å². The Morgan fingerprint density at radius 1 is 1.29 bits per heavy atom. The molecule has 4 nitrogen and oxygen atoms in total. The van der Waals surface area contributed by atoms with E-state index in [2.05, 4.69) is 10.1 Å². The summed E-state index contributed by atoms with van der Waals surface area (Å²) < 4.78 is 64.2. The molecule has 1 aromatic rings. The number of alkyl halides is 3. The van der Waals surface area contributed by atoms with E-state index in [0.717, 1.165) is 12.7 Å². The summed E-state index contributed by atoms with van der Waals surface area (Å²) in [6, 6.07) is 4.80. The van der Waals surface area contributed by atoms with E-state index in [-0.39, 0.29) is 17.1 Å². The molecular formula is C13H18F3NO3S. The predicted octanol–water partition coefficient (Wildman–Crippen LogP) is 2.67. The van der Waals surface area contributed by atoms with Crippen LogP contribution in [0.15, 0.2) is 24.3 Å². The van der Waals surface area contributed by atoms with Gasteiger partial charge in [-0.25, -0.2) is 8.42 Å². The van der Waals surface area contributed by atoms with Gasteiger partial charge in [0, 0.05) is 17.9 Å². The first-order valence-electron chi connectivity index (χ1n) is 6.38. The average Bonchev–Trinajstić information content (AvgIpc) is 2.32. The second-order valence-corrected chi connectivity index (χ2v) is 6.87. The highest BCUT2D eigenvalue weighted by Crippen LogP contribution is 2.30. The fourth-order valence-electron chi connectivity index (χ4n) is 1.87. The van der Waals surface area contributed by atoms with Crippen LogP contribution in [0.5, 0.6) is 5.75 Å². The predicted molar refractivity (Wildman–Crippen MR) is 73.9 cm³/mol. The number of hydrogen-bond acceptors (Lipinski definition) is 4. The van der Waals surface area contributed by atoms with Gasteiger partial charge in [0.1, 0.15) is 15.6 Å². The Hall–Kier alpha value is -1.28. The normalized spacial score (nSPS) is 14.0. The second kappa shape index (κ2) is 7.13. The van der Waals surface area contributed by atoms with Crippen molar-refractivity contribution in [2.45, 2.75) is 25.7 Å². The van der Waals surface area contributed by atoms with Crippen LogP contribution in [-0.2, 0) is 9.84 Å². The molecule has 0 aliphatic heterocycles. The molecular weight excluding hydrogens is 307 g/mol. The van der Waals surface area contributed by atoms with E-state index in [1.54, 1.807) is 6.07 Å². The minimum atomic E-state index is -4.82. The first kappa shape index (κ1) is 17.8. The van der Waals surface area contributed by atoms with Gasteiger partial charge in [0.2, 0.25) is 0 Å². The Kier molecular flexibility index (Phi) is 6.03. The number of hydrogen-bond donors (Lipinski definition) is 1. The summed E-state index contributed by atoms with van der Waals surface area (Å²) in [7, 11) is -3.36. The van der Waals surface area contributed by atoms with Crippen molar-refractivity contribution in [1.82, 2.24) is 5.32 Å². The van der Waals surface area contributed by atoms with Gasteiger partial charge < -0.3 is 10.1 Å². The number of para-hydroxylation sites is 1. The lowest BCUT2D eigenvalue weighted by Gasteiger charge is -2.21. The molecule has 120 valence electrons. The quantitative estimate of drug-likeness (QED) is 0.837. The molecule has 1 unspecified atom stereocenters. The smallest absolute Gasteiger partial charge is 0.405 e. The van der Waals surface area contributed by atoms with E-state index >= 15 is 0 Å². The Labute approximate surface area is 122 Å². The molecule has 0 spiro atoms. The van der Waals surface area contributed by atoms with Crippen molar-refractivity contribution < 1.29 is 26.3 Å². The summed E-state index contributed by atoms with van der Waals surface area (Å²) in [6.45, 7) is 2.36. The number of nitrogens with one attached hydrogen (secondary N) is 1. The van der Waals surface area contributed by atoms with Gasteiger partial charge in [0.05, 0.1) is 5.75 Å². The molecule has 0 heterocycles. The van der Waals surface area contributed by atoms with Crippen LogP contribution in [0.2, 0.25) is 0 Å². The minimum absolute atomic E-state index is 0.175. The van der Waals surface area contributed by atoms with Gasteiger partial charge in [0.15, 0.2) is 0 Å². The Morgan fingerprint density at radius 2 is 1.90 bits per heavy atom. The molecule has 0 radical (unpaired) electrons. The maximum Gasteiger partial charge on any atom is 0.573 e. The van der Waals surface area contributed by atoms with E-state index < -0.39 is 22.2 Å². The van der Waals surface area contributed by atoms with Crippen molar-refractivity contribution >= 4 is 9.84 Å². The van der Waals surface area contributed by atoms with E-state index in [4.69, 9.17) is 0 Å². The molecule has 0 saturated heterocycles. The van der Waals surface area contributed by atoms with E-state index in [1.165, 1.54) is 18.2 Å². The highest BCUT2D eigenvalue weighted by Gasteiger charge is 2.33. The first-order chi connectivity index (χ1) is 9.62.